The van der Waals surface area contributed by atoms with Gasteiger partial charge in [0.25, 0.3) is 0 Å². The van der Waals surface area contributed by atoms with Crippen molar-refractivity contribution in [2.45, 2.75) is 38.4 Å². The predicted octanol–water partition coefficient (Wildman–Crippen LogP) is 3.11. The minimum absolute atomic E-state index is 0.0140. The summed E-state index contributed by atoms with van der Waals surface area (Å²) in [7, 11) is 1.98. The Balaban J connectivity index is 1.94. The second-order valence-electron chi connectivity index (χ2n) is 5.85. The first-order valence-corrected chi connectivity index (χ1v) is 8.29. The number of aryl methyl sites for hydroxylation is 1. The molecule has 0 aliphatic heterocycles. The third-order valence-electron chi connectivity index (χ3n) is 3.50. The largest absolute Gasteiger partial charge is 0.323 e. The Morgan fingerprint density at radius 3 is 2.38 bits per heavy atom. The van der Waals surface area contributed by atoms with Gasteiger partial charge in [0.2, 0.25) is 0 Å². The van der Waals surface area contributed by atoms with Crippen molar-refractivity contribution < 1.29 is 0 Å². The van der Waals surface area contributed by atoms with Crippen LogP contribution in [0.1, 0.15) is 36.8 Å². The van der Waals surface area contributed by atoms with Crippen molar-refractivity contribution in [2.24, 2.45) is 18.7 Å². The van der Waals surface area contributed by atoms with E-state index in [2.05, 4.69) is 48.3 Å². The predicted molar refractivity (Wildman–Crippen MR) is 88.4 cm³/mol. The fraction of sp³-hybridized carbons (Fsp3) is 0.500. The average Bonchev–Trinajstić information content (AvgIpc) is 2.76. The molecule has 0 fully saturated rings. The van der Waals surface area contributed by atoms with Gasteiger partial charge in [0.15, 0.2) is 5.16 Å². The molecule has 1 aromatic carbocycles. The molecular weight excluding hydrogens is 280 g/mol. The number of benzene rings is 1. The minimum atomic E-state index is 0.0140. The Morgan fingerprint density at radius 1 is 1.19 bits per heavy atom. The number of thioether (sulfide) groups is 1. The summed E-state index contributed by atoms with van der Waals surface area (Å²) in [6, 6.07) is 8.68. The lowest BCUT2D eigenvalue weighted by Crippen LogP contribution is -2.13. The zero-order valence-electron chi connectivity index (χ0n) is 13.2. The second kappa shape index (κ2) is 7.09. The fourth-order valence-corrected chi connectivity index (χ4v) is 3.09. The lowest BCUT2D eigenvalue weighted by Gasteiger charge is -2.12. The van der Waals surface area contributed by atoms with Crippen LogP contribution in [-0.4, -0.2) is 20.5 Å². The van der Waals surface area contributed by atoms with E-state index >= 15 is 0 Å². The Kier molecular flexibility index (Phi) is 5.42. The topological polar surface area (TPSA) is 56.7 Å². The molecule has 2 rings (SSSR count). The number of nitrogens with two attached hydrogens (primary N) is 1. The first kappa shape index (κ1) is 16.0. The van der Waals surface area contributed by atoms with Crippen LogP contribution in [0.25, 0.3) is 0 Å². The number of hydrogen-bond acceptors (Lipinski definition) is 4. The highest BCUT2D eigenvalue weighted by Crippen LogP contribution is 2.22. The molecule has 1 atom stereocenters. The van der Waals surface area contributed by atoms with Gasteiger partial charge in [0, 0.05) is 18.8 Å². The van der Waals surface area contributed by atoms with E-state index in [9.17, 15) is 0 Å². The third kappa shape index (κ3) is 4.32. The van der Waals surface area contributed by atoms with E-state index in [1.807, 2.05) is 18.5 Å². The normalized spacial score (nSPS) is 12.9. The van der Waals surface area contributed by atoms with Crippen LogP contribution in [0.15, 0.2) is 29.4 Å². The first-order chi connectivity index (χ1) is 9.97. The van der Waals surface area contributed by atoms with E-state index in [1.165, 1.54) is 11.1 Å². The molecule has 1 heterocycles. The standard InChI is InChI=1S/C16H24N4S/c1-11(2)9-13-5-7-14(8-6-13)15(17)10-21-16-19-18-12(3)20(16)4/h5-8,11,15H,9-10,17H2,1-4H3. The smallest absolute Gasteiger partial charge is 0.191 e. The molecule has 0 aliphatic carbocycles. The van der Waals surface area contributed by atoms with Crippen molar-refractivity contribution in [1.82, 2.24) is 14.8 Å². The molecule has 1 unspecified atom stereocenters. The fourth-order valence-electron chi connectivity index (χ4n) is 2.15. The number of hydrogen-bond donors (Lipinski definition) is 1. The van der Waals surface area contributed by atoms with Gasteiger partial charge in [-0.2, -0.15) is 0 Å². The lowest BCUT2D eigenvalue weighted by atomic mass is 10.0. The quantitative estimate of drug-likeness (QED) is 0.833. The average molecular weight is 304 g/mol. The van der Waals surface area contributed by atoms with Crippen LogP contribution in [0.4, 0.5) is 0 Å². The van der Waals surface area contributed by atoms with Crippen molar-refractivity contribution in [1.29, 1.82) is 0 Å². The molecule has 2 aromatic rings. The lowest BCUT2D eigenvalue weighted by molar-refractivity contribution is 0.647. The molecule has 2 N–H and O–H groups in total. The van der Waals surface area contributed by atoms with Gasteiger partial charge < -0.3 is 10.3 Å². The van der Waals surface area contributed by atoms with Crippen LogP contribution in [0.2, 0.25) is 0 Å². The van der Waals surface area contributed by atoms with Crippen molar-refractivity contribution in [3.8, 4) is 0 Å². The molecular formula is C16H24N4S. The van der Waals surface area contributed by atoms with Crippen LogP contribution < -0.4 is 5.73 Å². The Labute approximate surface area is 131 Å². The third-order valence-corrected chi connectivity index (χ3v) is 4.64. The summed E-state index contributed by atoms with van der Waals surface area (Å²) in [5, 5.41) is 9.12. The summed E-state index contributed by atoms with van der Waals surface area (Å²) < 4.78 is 1.99. The molecule has 0 spiro atoms. The number of rotatable bonds is 6. The van der Waals surface area contributed by atoms with Crippen molar-refractivity contribution in [2.75, 3.05) is 5.75 Å². The van der Waals surface area contributed by atoms with E-state index in [4.69, 9.17) is 5.73 Å². The van der Waals surface area contributed by atoms with Crippen LogP contribution >= 0.6 is 11.8 Å². The molecule has 0 amide bonds. The van der Waals surface area contributed by atoms with Crippen LogP contribution in [-0.2, 0) is 13.5 Å². The maximum absolute atomic E-state index is 6.27. The van der Waals surface area contributed by atoms with Gasteiger partial charge in [-0.05, 0) is 30.4 Å². The molecule has 0 bridgehead atoms. The van der Waals surface area contributed by atoms with Gasteiger partial charge in [-0.1, -0.05) is 49.9 Å². The zero-order chi connectivity index (χ0) is 15.4. The maximum Gasteiger partial charge on any atom is 0.191 e. The molecule has 4 nitrogen and oxygen atoms in total. The van der Waals surface area contributed by atoms with Crippen LogP contribution in [0, 0.1) is 12.8 Å². The van der Waals surface area contributed by atoms with E-state index in [1.54, 1.807) is 11.8 Å². The summed E-state index contributed by atoms with van der Waals surface area (Å²) >= 11 is 1.65. The minimum Gasteiger partial charge on any atom is -0.323 e. The van der Waals surface area contributed by atoms with E-state index in [0.717, 1.165) is 23.2 Å². The molecule has 5 heteroatoms. The van der Waals surface area contributed by atoms with E-state index in [-0.39, 0.29) is 6.04 Å². The zero-order valence-corrected chi connectivity index (χ0v) is 14.0. The van der Waals surface area contributed by atoms with Gasteiger partial charge >= 0.3 is 0 Å². The summed E-state index contributed by atoms with van der Waals surface area (Å²) in [5.41, 5.74) is 8.82. The van der Waals surface area contributed by atoms with E-state index < -0.39 is 0 Å². The maximum atomic E-state index is 6.27. The highest BCUT2D eigenvalue weighted by Gasteiger charge is 2.11. The summed E-state index contributed by atoms with van der Waals surface area (Å²) in [5.74, 6) is 2.40. The van der Waals surface area contributed by atoms with Crippen LogP contribution in [0.3, 0.4) is 0 Å². The Hall–Kier alpha value is -1.33. The van der Waals surface area contributed by atoms with Crippen molar-refractivity contribution in [3.63, 3.8) is 0 Å². The SMILES string of the molecule is Cc1nnc(SCC(N)c2ccc(CC(C)C)cc2)n1C. The van der Waals surface area contributed by atoms with Crippen molar-refractivity contribution >= 4 is 11.8 Å². The number of nitrogens with zero attached hydrogens (tertiary/aromatic N) is 3. The monoisotopic (exact) mass is 304 g/mol. The molecule has 0 saturated carbocycles. The van der Waals surface area contributed by atoms with Gasteiger partial charge in [-0.15, -0.1) is 10.2 Å². The molecule has 21 heavy (non-hydrogen) atoms. The summed E-state index contributed by atoms with van der Waals surface area (Å²) in [6.45, 7) is 6.42. The van der Waals surface area contributed by atoms with Gasteiger partial charge in [-0.3, -0.25) is 0 Å². The first-order valence-electron chi connectivity index (χ1n) is 7.30. The van der Waals surface area contributed by atoms with Crippen molar-refractivity contribution in [3.05, 3.63) is 41.2 Å². The summed E-state index contributed by atoms with van der Waals surface area (Å²) in [6.07, 6.45) is 1.11. The Bertz CT molecular complexity index is 574. The van der Waals surface area contributed by atoms with E-state index in [0.29, 0.717) is 5.92 Å². The molecule has 0 saturated heterocycles. The van der Waals surface area contributed by atoms with Gasteiger partial charge in [0.1, 0.15) is 5.82 Å². The molecule has 0 aliphatic rings. The number of aromatic nitrogens is 3. The molecule has 114 valence electrons. The highest BCUT2D eigenvalue weighted by atomic mass is 32.2. The second-order valence-corrected chi connectivity index (χ2v) is 6.83. The Morgan fingerprint density at radius 2 is 1.86 bits per heavy atom. The van der Waals surface area contributed by atoms with Gasteiger partial charge in [-0.25, -0.2) is 0 Å². The van der Waals surface area contributed by atoms with Gasteiger partial charge in [0.05, 0.1) is 0 Å². The molecule has 0 radical (unpaired) electrons. The molecule has 1 aromatic heterocycles. The van der Waals surface area contributed by atoms with Crippen LogP contribution in [0.5, 0.6) is 0 Å². The highest BCUT2D eigenvalue weighted by molar-refractivity contribution is 7.99. The summed E-state index contributed by atoms with van der Waals surface area (Å²) in [4.78, 5) is 0.